The van der Waals surface area contributed by atoms with Crippen LogP contribution in [0, 0.1) is 5.41 Å². The van der Waals surface area contributed by atoms with E-state index in [-0.39, 0.29) is 36.3 Å². The second kappa shape index (κ2) is 9.22. The Labute approximate surface area is 151 Å². The second-order valence-electron chi connectivity index (χ2n) is 6.08. The molecule has 7 nitrogen and oxygen atoms in total. The maximum absolute atomic E-state index is 12.1. The van der Waals surface area contributed by atoms with Gasteiger partial charge in [-0.1, -0.05) is 0 Å². The van der Waals surface area contributed by atoms with E-state index in [0.29, 0.717) is 6.61 Å². The zero-order chi connectivity index (χ0) is 18.3. The molecule has 9 heteroatoms. The predicted octanol–water partition coefficient (Wildman–Crippen LogP) is 2.72. The number of rotatable bonds is 6. The fourth-order valence-electron chi connectivity index (χ4n) is 1.69. The van der Waals surface area contributed by atoms with Crippen molar-refractivity contribution >= 4 is 46.3 Å². The fraction of sp³-hybridized carbons (Fsp3) is 0.733. The Hall–Kier alpha value is -1.35. The molecular formula is C15H23NO6S2. The molecule has 1 heterocycles. The molecule has 1 unspecified atom stereocenters. The minimum Gasteiger partial charge on any atom is -0.479 e. The smallest absolute Gasteiger partial charge is 0.416 e. The van der Waals surface area contributed by atoms with Gasteiger partial charge < -0.3 is 14.2 Å². The summed E-state index contributed by atoms with van der Waals surface area (Å²) in [7, 11) is 0. The highest BCUT2D eigenvalue weighted by Crippen LogP contribution is 2.25. The van der Waals surface area contributed by atoms with E-state index in [2.05, 4.69) is 0 Å². The lowest BCUT2D eigenvalue weighted by atomic mass is 9.97. The Morgan fingerprint density at radius 1 is 1.42 bits per heavy atom. The van der Waals surface area contributed by atoms with Crippen LogP contribution in [0.4, 0.5) is 4.79 Å². The molecule has 0 aromatic rings. The van der Waals surface area contributed by atoms with Crippen LogP contribution < -0.4 is 0 Å². The summed E-state index contributed by atoms with van der Waals surface area (Å²) >= 11 is 6.14. The van der Waals surface area contributed by atoms with Gasteiger partial charge in [0.25, 0.3) is 0 Å². The monoisotopic (exact) mass is 377 g/mol. The molecule has 0 aliphatic carbocycles. The fourth-order valence-corrected chi connectivity index (χ4v) is 2.91. The van der Waals surface area contributed by atoms with Crippen molar-refractivity contribution in [3.05, 3.63) is 0 Å². The average molecular weight is 377 g/mol. The van der Waals surface area contributed by atoms with Crippen molar-refractivity contribution in [2.24, 2.45) is 5.41 Å². The normalized spacial score (nSPS) is 15.7. The van der Waals surface area contributed by atoms with Crippen LogP contribution in [0.2, 0.25) is 0 Å². The Balaban J connectivity index is 2.63. The van der Waals surface area contributed by atoms with Crippen LogP contribution in [0.3, 0.4) is 0 Å². The number of thiocarbonyl (C=S) groups is 1. The van der Waals surface area contributed by atoms with Crippen molar-refractivity contribution in [1.82, 2.24) is 4.90 Å². The van der Waals surface area contributed by atoms with Gasteiger partial charge in [-0.3, -0.25) is 9.59 Å². The van der Waals surface area contributed by atoms with E-state index in [1.165, 1.54) is 0 Å². The third-order valence-electron chi connectivity index (χ3n) is 3.00. The van der Waals surface area contributed by atoms with Crippen LogP contribution in [-0.2, 0) is 23.8 Å². The molecule has 0 radical (unpaired) electrons. The van der Waals surface area contributed by atoms with Gasteiger partial charge in [0, 0.05) is 12.8 Å². The molecule has 0 spiro atoms. The van der Waals surface area contributed by atoms with E-state index in [1.807, 2.05) is 0 Å². The van der Waals surface area contributed by atoms with E-state index in [1.54, 1.807) is 27.7 Å². The van der Waals surface area contributed by atoms with Crippen LogP contribution in [0.15, 0.2) is 0 Å². The lowest BCUT2D eigenvalue weighted by molar-refractivity contribution is -0.155. The molecule has 1 saturated heterocycles. The van der Waals surface area contributed by atoms with Gasteiger partial charge in [0.15, 0.2) is 5.44 Å². The van der Waals surface area contributed by atoms with E-state index in [9.17, 15) is 14.4 Å². The van der Waals surface area contributed by atoms with Crippen LogP contribution in [0.1, 0.15) is 40.5 Å². The van der Waals surface area contributed by atoms with Gasteiger partial charge in [0.05, 0.1) is 18.6 Å². The van der Waals surface area contributed by atoms with Gasteiger partial charge in [0.2, 0.25) is 10.3 Å². The third-order valence-corrected chi connectivity index (χ3v) is 4.31. The number of ether oxygens (including phenoxy) is 3. The molecule has 2 amide bonds. The highest BCUT2D eigenvalue weighted by Gasteiger charge is 2.31. The number of amides is 2. The van der Waals surface area contributed by atoms with Gasteiger partial charge >= 0.3 is 12.1 Å². The SMILES string of the molecule is CCOC(=S)SC(CCC(=O)N1CCOC1=O)OC(=O)C(C)(C)C. The Morgan fingerprint density at radius 2 is 2.08 bits per heavy atom. The highest BCUT2D eigenvalue weighted by molar-refractivity contribution is 8.22. The maximum atomic E-state index is 12.1. The summed E-state index contributed by atoms with van der Waals surface area (Å²) in [6, 6.07) is 0. The number of imide groups is 1. The van der Waals surface area contributed by atoms with Crippen molar-refractivity contribution in [1.29, 1.82) is 0 Å². The lowest BCUT2D eigenvalue weighted by Gasteiger charge is -2.23. The number of esters is 1. The number of carbonyl (C=O) groups is 3. The Bertz CT molecular complexity index is 503. The second-order valence-corrected chi connectivity index (χ2v) is 7.85. The van der Waals surface area contributed by atoms with Gasteiger partial charge in [0.1, 0.15) is 6.61 Å². The van der Waals surface area contributed by atoms with Crippen LogP contribution in [0.5, 0.6) is 0 Å². The number of thioether (sulfide) groups is 1. The first-order chi connectivity index (χ1) is 11.1. The number of hydrogen-bond donors (Lipinski definition) is 0. The maximum Gasteiger partial charge on any atom is 0.416 e. The van der Waals surface area contributed by atoms with E-state index in [4.69, 9.17) is 26.4 Å². The molecule has 0 bridgehead atoms. The van der Waals surface area contributed by atoms with Crippen molar-refractivity contribution in [3.8, 4) is 0 Å². The number of cyclic esters (lactones) is 1. The van der Waals surface area contributed by atoms with Crippen LogP contribution >= 0.6 is 24.0 Å². The van der Waals surface area contributed by atoms with Crippen molar-refractivity contribution < 1.29 is 28.6 Å². The van der Waals surface area contributed by atoms with E-state index < -0.39 is 22.9 Å². The molecule has 1 fully saturated rings. The van der Waals surface area contributed by atoms with Gasteiger partial charge in [-0.15, -0.1) is 0 Å². The number of carbonyl (C=O) groups excluding carboxylic acids is 3. The Kier molecular flexibility index (Phi) is 7.95. The topological polar surface area (TPSA) is 82.1 Å². The molecule has 1 atom stereocenters. The van der Waals surface area contributed by atoms with E-state index in [0.717, 1.165) is 16.7 Å². The summed E-state index contributed by atoms with van der Waals surface area (Å²) in [4.78, 5) is 36.6. The first-order valence-corrected chi connectivity index (χ1v) is 8.95. The first-order valence-electron chi connectivity index (χ1n) is 7.66. The third kappa shape index (κ3) is 6.64. The van der Waals surface area contributed by atoms with Crippen molar-refractivity contribution in [3.63, 3.8) is 0 Å². The molecule has 0 saturated carbocycles. The molecule has 136 valence electrons. The van der Waals surface area contributed by atoms with E-state index >= 15 is 0 Å². The lowest BCUT2D eigenvalue weighted by Crippen LogP contribution is -2.33. The standard InChI is InChI=1S/C15H23NO6S2/c1-5-20-14(23)24-11(22-12(18)15(2,3)4)7-6-10(17)16-8-9-21-13(16)19/h11H,5-9H2,1-4H3. The molecule has 1 aliphatic rings. The number of hydrogen-bond acceptors (Lipinski definition) is 8. The first kappa shape index (κ1) is 20.7. The summed E-state index contributed by atoms with van der Waals surface area (Å²) in [6.45, 7) is 7.87. The minimum absolute atomic E-state index is 0.0406. The molecule has 24 heavy (non-hydrogen) atoms. The van der Waals surface area contributed by atoms with Gasteiger partial charge in [-0.2, -0.15) is 0 Å². The largest absolute Gasteiger partial charge is 0.479 e. The number of nitrogens with zero attached hydrogens (tertiary/aromatic N) is 1. The quantitative estimate of drug-likeness (QED) is 0.397. The highest BCUT2D eigenvalue weighted by atomic mass is 32.2. The van der Waals surface area contributed by atoms with Crippen molar-refractivity contribution in [2.45, 2.75) is 46.0 Å². The zero-order valence-corrected chi connectivity index (χ0v) is 16.0. The summed E-state index contributed by atoms with van der Waals surface area (Å²) in [5, 5.41) is 0. The molecule has 1 rings (SSSR count). The molecule has 0 aromatic carbocycles. The van der Waals surface area contributed by atoms with Crippen LogP contribution in [-0.4, -0.2) is 52.4 Å². The molecule has 1 aliphatic heterocycles. The zero-order valence-electron chi connectivity index (χ0n) is 14.3. The average Bonchev–Trinajstić information content (AvgIpc) is 2.89. The Morgan fingerprint density at radius 3 is 2.58 bits per heavy atom. The van der Waals surface area contributed by atoms with Gasteiger partial charge in [-0.25, -0.2) is 9.69 Å². The summed E-state index contributed by atoms with van der Waals surface area (Å²) in [6.07, 6.45) is -0.373. The molecular weight excluding hydrogens is 354 g/mol. The summed E-state index contributed by atoms with van der Waals surface area (Å²) in [5.41, 5.74) is -1.33. The molecule has 0 N–H and O–H groups in total. The molecule has 0 aromatic heterocycles. The minimum atomic E-state index is -0.672. The van der Waals surface area contributed by atoms with Crippen molar-refractivity contribution in [2.75, 3.05) is 19.8 Å². The summed E-state index contributed by atoms with van der Waals surface area (Å²) < 4.78 is 15.6. The van der Waals surface area contributed by atoms with Crippen LogP contribution in [0.25, 0.3) is 0 Å². The van der Waals surface area contributed by atoms with Gasteiger partial charge in [-0.05, 0) is 51.7 Å². The summed E-state index contributed by atoms with van der Waals surface area (Å²) in [5.74, 6) is -0.760. The predicted molar refractivity (Wildman–Crippen MR) is 93.4 cm³/mol.